The number of amides is 2. The predicted octanol–water partition coefficient (Wildman–Crippen LogP) is 1.98. The third-order valence-electron chi connectivity index (χ3n) is 3.23. The van der Waals surface area contributed by atoms with Crippen LogP contribution in [-0.4, -0.2) is 38.2 Å². The standard InChI is InChI=1S/C15H17N3O3/c1-20-13-4-3-11(9-14(13)21-2)12(5-6-16)10-18-8-7-17-15(18)19/h3-4,9-10H,5,7-8H2,1-2H3,(H,17,19)/b12-10+. The molecule has 1 aromatic carbocycles. The molecule has 1 fully saturated rings. The molecule has 0 atom stereocenters. The maximum atomic E-state index is 11.6. The van der Waals surface area contributed by atoms with Gasteiger partial charge in [0.1, 0.15) is 0 Å². The van der Waals surface area contributed by atoms with Crippen LogP contribution in [0, 0.1) is 11.3 Å². The van der Waals surface area contributed by atoms with Crippen molar-refractivity contribution in [3.63, 3.8) is 0 Å². The molecule has 0 aliphatic carbocycles. The van der Waals surface area contributed by atoms with E-state index in [9.17, 15) is 4.79 Å². The minimum Gasteiger partial charge on any atom is -0.493 e. The summed E-state index contributed by atoms with van der Waals surface area (Å²) in [7, 11) is 3.13. The molecule has 1 saturated heterocycles. The van der Waals surface area contributed by atoms with E-state index in [1.165, 1.54) is 0 Å². The smallest absolute Gasteiger partial charge is 0.321 e. The summed E-state index contributed by atoms with van der Waals surface area (Å²) < 4.78 is 10.5. The Morgan fingerprint density at radius 2 is 2.19 bits per heavy atom. The monoisotopic (exact) mass is 287 g/mol. The summed E-state index contributed by atoms with van der Waals surface area (Å²) in [5, 5.41) is 11.7. The second-order valence-electron chi connectivity index (χ2n) is 4.48. The van der Waals surface area contributed by atoms with Crippen LogP contribution in [0.2, 0.25) is 0 Å². The highest BCUT2D eigenvalue weighted by molar-refractivity contribution is 5.80. The number of carbonyl (C=O) groups is 1. The summed E-state index contributed by atoms with van der Waals surface area (Å²) in [5.41, 5.74) is 1.59. The third-order valence-corrected chi connectivity index (χ3v) is 3.23. The average Bonchev–Trinajstić information content (AvgIpc) is 2.91. The maximum Gasteiger partial charge on any atom is 0.321 e. The molecule has 2 amide bonds. The first-order valence-electron chi connectivity index (χ1n) is 6.54. The number of nitrogens with one attached hydrogen (secondary N) is 1. The van der Waals surface area contributed by atoms with Crippen molar-refractivity contribution in [1.29, 1.82) is 5.26 Å². The van der Waals surface area contributed by atoms with Gasteiger partial charge in [-0.2, -0.15) is 5.26 Å². The van der Waals surface area contributed by atoms with Crippen molar-refractivity contribution < 1.29 is 14.3 Å². The van der Waals surface area contributed by atoms with Gasteiger partial charge < -0.3 is 14.8 Å². The van der Waals surface area contributed by atoms with E-state index < -0.39 is 0 Å². The van der Waals surface area contributed by atoms with Crippen molar-refractivity contribution in [3.05, 3.63) is 30.0 Å². The van der Waals surface area contributed by atoms with Gasteiger partial charge in [-0.3, -0.25) is 4.90 Å². The van der Waals surface area contributed by atoms with E-state index in [2.05, 4.69) is 11.4 Å². The summed E-state index contributed by atoms with van der Waals surface area (Å²) in [6, 6.07) is 7.40. The van der Waals surface area contributed by atoms with Crippen LogP contribution in [0.3, 0.4) is 0 Å². The summed E-state index contributed by atoms with van der Waals surface area (Å²) in [5.74, 6) is 1.21. The normalized spacial score (nSPS) is 14.6. The van der Waals surface area contributed by atoms with Crippen molar-refractivity contribution in [1.82, 2.24) is 10.2 Å². The van der Waals surface area contributed by atoms with Gasteiger partial charge in [0.15, 0.2) is 11.5 Å². The molecule has 0 bridgehead atoms. The molecular formula is C15H17N3O3. The number of nitrogens with zero attached hydrogens (tertiary/aromatic N) is 2. The molecule has 2 rings (SSSR count). The van der Waals surface area contributed by atoms with Gasteiger partial charge in [-0.25, -0.2) is 4.79 Å². The van der Waals surface area contributed by atoms with Gasteiger partial charge in [0.25, 0.3) is 0 Å². The topological polar surface area (TPSA) is 74.6 Å². The lowest BCUT2D eigenvalue weighted by Gasteiger charge is -2.13. The average molecular weight is 287 g/mol. The number of rotatable bonds is 5. The van der Waals surface area contributed by atoms with E-state index in [1.54, 1.807) is 37.5 Å². The van der Waals surface area contributed by atoms with Crippen molar-refractivity contribution in [3.8, 4) is 17.6 Å². The lowest BCUT2D eigenvalue weighted by molar-refractivity contribution is 0.230. The fourth-order valence-corrected chi connectivity index (χ4v) is 2.14. The fourth-order valence-electron chi connectivity index (χ4n) is 2.14. The molecule has 6 nitrogen and oxygen atoms in total. The van der Waals surface area contributed by atoms with Crippen molar-refractivity contribution in [2.45, 2.75) is 6.42 Å². The first kappa shape index (κ1) is 14.7. The van der Waals surface area contributed by atoms with Crippen molar-refractivity contribution in [2.75, 3.05) is 27.3 Å². The van der Waals surface area contributed by atoms with E-state index >= 15 is 0 Å². The Kier molecular flexibility index (Phi) is 4.67. The summed E-state index contributed by atoms with van der Waals surface area (Å²) >= 11 is 0. The van der Waals surface area contributed by atoms with Crippen LogP contribution in [-0.2, 0) is 0 Å². The van der Waals surface area contributed by atoms with E-state index in [0.29, 0.717) is 24.6 Å². The van der Waals surface area contributed by atoms with E-state index in [-0.39, 0.29) is 12.5 Å². The molecule has 0 unspecified atom stereocenters. The van der Waals surface area contributed by atoms with Gasteiger partial charge >= 0.3 is 6.03 Å². The lowest BCUT2D eigenvalue weighted by atomic mass is 10.0. The number of hydrogen-bond donors (Lipinski definition) is 1. The van der Waals surface area contributed by atoms with E-state index in [0.717, 1.165) is 11.1 Å². The van der Waals surface area contributed by atoms with Gasteiger partial charge in [0, 0.05) is 19.3 Å². The molecule has 0 saturated carbocycles. The number of benzene rings is 1. The molecule has 1 heterocycles. The quantitative estimate of drug-likeness (QED) is 0.898. The Balaban J connectivity index is 2.36. The Hall–Kier alpha value is -2.68. The SMILES string of the molecule is COc1ccc(/C(=C/N2CCNC2=O)CC#N)cc1OC. The second kappa shape index (κ2) is 6.66. The first-order chi connectivity index (χ1) is 10.2. The summed E-state index contributed by atoms with van der Waals surface area (Å²) in [6.07, 6.45) is 1.92. The number of ether oxygens (including phenoxy) is 2. The zero-order chi connectivity index (χ0) is 15.2. The molecule has 21 heavy (non-hydrogen) atoms. The minimum absolute atomic E-state index is 0.147. The van der Waals surface area contributed by atoms with Gasteiger partial charge in [-0.15, -0.1) is 0 Å². The second-order valence-corrected chi connectivity index (χ2v) is 4.48. The van der Waals surface area contributed by atoms with Crippen molar-refractivity contribution >= 4 is 11.6 Å². The lowest BCUT2D eigenvalue weighted by Crippen LogP contribution is -2.23. The summed E-state index contributed by atoms with van der Waals surface area (Å²) in [6.45, 7) is 1.21. The molecular weight excluding hydrogens is 270 g/mol. The molecule has 1 aliphatic rings. The Morgan fingerprint density at radius 1 is 1.43 bits per heavy atom. The Morgan fingerprint density at radius 3 is 2.76 bits per heavy atom. The van der Waals surface area contributed by atoms with Crippen LogP contribution in [0.25, 0.3) is 5.57 Å². The number of nitriles is 1. The highest BCUT2D eigenvalue weighted by atomic mass is 16.5. The number of urea groups is 1. The summed E-state index contributed by atoms with van der Waals surface area (Å²) in [4.78, 5) is 13.2. The highest BCUT2D eigenvalue weighted by Crippen LogP contribution is 2.31. The zero-order valence-corrected chi connectivity index (χ0v) is 12.0. The molecule has 110 valence electrons. The number of allylic oxidation sites excluding steroid dienone is 1. The van der Waals surface area contributed by atoms with Gasteiger partial charge in [-0.05, 0) is 23.3 Å². The predicted molar refractivity (Wildman–Crippen MR) is 77.9 cm³/mol. The first-order valence-corrected chi connectivity index (χ1v) is 6.54. The number of hydrogen-bond acceptors (Lipinski definition) is 4. The van der Waals surface area contributed by atoms with Crippen LogP contribution in [0.1, 0.15) is 12.0 Å². The highest BCUT2D eigenvalue weighted by Gasteiger charge is 2.18. The van der Waals surface area contributed by atoms with Gasteiger partial charge in [0.05, 0.1) is 26.7 Å². The van der Waals surface area contributed by atoms with Gasteiger partial charge in [0.2, 0.25) is 0 Å². The van der Waals surface area contributed by atoms with Crippen LogP contribution in [0.4, 0.5) is 4.79 Å². The van der Waals surface area contributed by atoms with Crippen LogP contribution < -0.4 is 14.8 Å². The van der Waals surface area contributed by atoms with Crippen LogP contribution >= 0.6 is 0 Å². The van der Waals surface area contributed by atoms with Crippen LogP contribution in [0.5, 0.6) is 11.5 Å². The molecule has 0 radical (unpaired) electrons. The molecule has 0 aromatic heterocycles. The van der Waals surface area contributed by atoms with Crippen LogP contribution in [0.15, 0.2) is 24.4 Å². The fraction of sp³-hybridized carbons (Fsp3) is 0.333. The largest absolute Gasteiger partial charge is 0.493 e. The maximum absolute atomic E-state index is 11.6. The Bertz CT molecular complexity index is 605. The molecule has 6 heteroatoms. The third kappa shape index (κ3) is 3.26. The molecule has 1 aromatic rings. The van der Waals surface area contributed by atoms with E-state index in [1.807, 2.05) is 6.07 Å². The van der Waals surface area contributed by atoms with E-state index in [4.69, 9.17) is 14.7 Å². The molecule has 0 spiro atoms. The molecule has 1 N–H and O–H groups in total. The Labute approximate surface area is 123 Å². The minimum atomic E-state index is -0.147. The number of carbonyl (C=O) groups excluding carboxylic acids is 1. The zero-order valence-electron chi connectivity index (χ0n) is 12.0. The molecule has 1 aliphatic heterocycles. The van der Waals surface area contributed by atoms with Crippen molar-refractivity contribution in [2.24, 2.45) is 0 Å². The number of methoxy groups -OCH3 is 2. The van der Waals surface area contributed by atoms with Gasteiger partial charge in [-0.1, -0.05) is 6.07 Å².